The van der Waals surface area contributed by atoms with Crippen LogP contribution >= 0.6 is 0 Å². The minimum atomic E-state index is 0.905. The number of fused-ring (bicyclic) bond motifs is 6. The van der Waals surface area contributed by atoms with Crippen molar-refractivity contribution in [1.82, 2.24) is 0 Å². The van der Waals surface area contributed by atoms with Crippen LogP contribution in [0.25, 0.3) is 98.8 Å². The summed E-state index contributed by atoms with van der Waals surface area (Å²) in [5, 5.41) is 9.71. The summed E-state index contributed by atoms with van der Waals surface area (Å²) in [7, 11) is 0. The highest BCUT2D eigenvalue weighted by Gasteiger charge is 2.21. The first-order valence-corrected chi connectivity index (χ1v) is 16.9. The zero-order valence-corrected chi connectivity index (χ0v) is 26.7. The quantitative estimate of drug-likeness (QED) is 0.178. The molecule has 0 spiro atoms. The van der Waals surface area contributed by atoms with E-state index in [1.807, 2.05) is 6.07 Å². The molecular formula is C48H30O. The van der Waals surface area contributed by atoms with Crippen LogP contribution in [0.5, 0.6) is 0 Å². The average Bonchev–Trinajstić information content (AvgIpc) is 3.55. The predicted octanol–water partition coefficient (Wildman–Crippen LogP) is 13.7. The molecule has 0 aliphatic carbocycles. The van der Waals surface area contributed by atoms with Gasteiger partial charge < -0.3 is 4.42 Å². The molecule has 228 valence electrons. The zero-order chi connectivity index (χ0) is 32.3. The van der Waals surface area contributed by atoms with Crippen LogP contribution in [-0.2, 0) is 0 Å². The van der Waals surface area contributed by atoms with Gasteiger partial charge in [-0.1, -0.05) is 164 Å². The monoisotopic (exact) mass is 622 g/mol. The van der Waals surface area contributed by atoms with Crippen molar-refractivity contribution < 1.29 is 4.42 Å². The van der Waals surface area contributed by atoms with E-state index >= 15 is 0 Å². The maximum absolute atomic E-state index is 6.57. The Bertz CT molecular complexity index is 2810. The molecule has 1 heteroatoms. The molecule has 0 radical (unpaired) electrons. The molecule has 9 aromatic carbocycles. The second-order valence-corrected chi connectivity index (χ2v) is 12.8. The third-order valence-electron chi connectivity index (χ3n) is 10.1. The minimum Gasteiger partial charge on any atom is -0.455 e. The highest BCUT2D eigenvalue weighted by molar-refractivity contribution is 6.24. The van der Waals surface area contributed by atoms with Gasteiger partial charge in [0.15, 0.2) is 0 Å². The van der Waals surface area contributed by atoms with E-state index in [1.54, 1.807) is 0 Å². The molecule has 0 amide bonds. The van der Waals surface area contributed by atoms with Gasteiger partial charge in [0.25, 0.3) is 0 Å². The first kappa shape index (κ1) is 27.7. The van der Waals surface area contributed by atoms with E-state index < -0.39 is 0 Å². The number of para-hydroxylation sites is 1. The Labute approximate surface area is 284 Å². The van der Waals surface area contributed by atoms with Gasteiger partial charge in [-0.05, 0) is 89.5 Å². The van der Waals surface area contributed by atoms with Crippen LogP contribution in [0.15, 0.2) is 186 Å². The van der Waals surface area contributed by atoms with Crippen LogP contribution in [-0.4, -0.2) is 0 Å². The molecule has 1 aromatic heterocycles. The van der Waals surface area contributed by atoms with Crippen LogP contribution in [0, 0.1) is 0 Å². The molecular weight excluding hydrogens is 593 g/mol. The minimum absolute atomic E-state index is 0.905. The Hall–Kier alpha value is -6.44. The van der Waals surface area contributed by atoms with Gasteiger partial charge in [0.1, 0.15) is 11.2 Å². The van der Waals surface area contributed by atoms with E-state index in [-0.39, 0.29) is 0 Å². The lowest BCUT2D eigenvalue weighted by Gasteiger charge is -2.20. The third kappa shape index (κ3) is 4.33. The first-order chi connectivity index (χ1) is 24.3. The van der Waals surface area contributed by atoms with Gasteiger partial charge in [-0.2, -0.15) is 0 Å². The summed E-state index contributed by atoms with van der Waals surface area (Å²) in [6.07, 6.45) is 0. The van der Waals surface area contributed by atoms with Gasteiger partial charge in [0.05, 0.1) is 0 Å². The van der Waals surface area contributed by atoms with Gasteiger partial charge in [-0.25, -0.2) is 0 Å². The number of hydrogen-bond donors (Lipinski definition) is 0. The Morgan fingerprint density at radius 3 is 1.55 bits per heavy atom. The fourth-order valence-corrected chi connectivity index (χ4v) is 7.93. The van der Waals surface area contributed by atoms with Gasteiger partial charge in [-0.3, -0.25) is 0 Å². The van der Waals surface area contributed by atoms with Crippen LogP contribution in [0.4, 0.5) is 0 Å². The number of rotatable bonds is 4. The number of hydrogen-bond acceptors (Lipinski definition) is 1. The molecule has 0 atom stereocenters. The molecule has 10 aromatic rings. The van der Waals surface area contributed by atoms with E-state index in [0.717, 1.165) is 33.1 Å². The van der Waals surface area contributed by atoms with Gasteiger partial charge in [0.2, 0.25) is 0 Å². The maximum Gasteiger partial charge on any atom is 0.143 e. The van der Waals surface area contributed by atoms with Crippen molar-refractivity contribution in [2.24, 2.45) is 0 Å². The second kappa shape index (κ2) is 11.1. The van der Waals surface area contributed by atoms with Crippen molar-refractivity contribution in [2.45, 2.75) is 0 Å². The molecule has 0 saturated heterocycles. The molecule has 0 aliphatic heterocycles. The van der Waals surface area contributed by atoms with Crippen molar-refractivity contribution in [3.8, 4) is 44.5 Å². The van der Waals surface area contributed by atoms with Crippen molar-refractivity contribution >= 4 is 54.3 Å². The summed E-state index contributed by atoms with van der Waals surface area (Å²) >= 11 is 0. The lowest BCUT2D eigenvalue weighted by atomic mass is 9.82. The molecule has 1 heterocycles. The standard InChI is InChI=1S/C48H30O/c1-2-15-32(16-3-1)43-29-33(30-44-37-21-12-13-28-45(37)49-48(43)44)46-39-23-8-10-25-41(39)47(42-26-11-9-24-40(42)46)38-22-7-6-20-36(38)35-27-14-18-31-17-4-5-19-34(31)35/h1-30H. The van der Waals surface area contributed by atoms with Crippen LogP contribution in [0.3, 0.4) is 0 Å². The van der Waals surface area contributed by atoms with Crippen LogP contribution in [0.1, 0.15) is 0 Å². The summed E-state index contributed by atoms with van der Waals surface area (Å²) < 4.78 is 6.57. The van der Waals surface area contributed by atoms with Crippen molar-refractivity contribution in [1.29, 1.82) is 0 Å². The molecule has 0 fully saturated rings. The molecule has 0 N–H and O–H groups in total. The fourth-order valence-electron chi connectivity index (χ4n) is 7.93. The van der Waals surface area contributed by atoms with Crippen molar-refractivity contribution in [3.05, 3.63) is 182 Å². The largest absolute Gasteiger partial charge is 0.455 e. The van der Waals surface area contributed by atoms with Crippen molar-refractivity contribution in [2.75, 3.05) is 0 Å². The maximum atomic E-state index is 6.57. The summed E-state index contributed by atoms with van der Waals surface area (Å²) in [6, 6.07) is 65.8. The highest BCUT2D eigenvalue weighted by atomic mass is 16.3. The lowest BCUT2D eigenvalue weighted by molar-refractivity contribution is 0.670. The molecule has 0 unspecified atom stereocenters. The third-order valence-corrected chi connectivity index (χ3v) is 10.1. The second-order valence-electron chi connectivity index (χ2n) is 12.8. The van der Waals surface area contributed by atoms with Crippen LogP contribution < -0.4 is 0 Å². The molecule has 1 nitrogen and oxygen atoms in total. The van der Waals surface area contributed by atoms with E-state index in [9.17, 15) is 0 Å². The average molecular weight is 623 g/mol. The van der Waals surface area contributed by atoms with Crippen LogP contribution in [0.2, 0.25) is 0 Å². The predicted molar refractivity (Wildman–Crippen MR) is 208 cm³/mol. The molecule has 10 rings (SSSR count). The number of benzene rings is 9. The summed E-state index contributed by atoms with van der Waals surface area (Å²) in [4.78, 5) is 0. The Morgan fingerprint density at radius 2 is 0.816 bits per heavy atom. The topological polar surface area (TPSA) is 13.1 Å². The van der Waals surface area contributed by atoms with Crippen molar-refractivity contribution in [3.63, 3.8) is 0 Å². The molecule has 49 heavy (non-hydrogen) atoms. The smallest absolute Gasteiger partial charge is 0.143 e. The molecule has 0 aliphatic rings. The molecule has 0 saturated carbocycles. The van der Waals surface area contributed by atoms with Gasteiger partial charge in [-0.15, -0.1) is 0 Å². The zero-order valence-electron chi connectivity index (χ0n) is 26.7. The first-order valence-electron chi connectivity index (χ1n) is 16.9. The fraction of sp³-hybridized carbons (Fsp3) is 0. The lowest BCUT2D eigenvalue weighted by Crippen LogP contribution is -1.93. The van der Waals surface area contributed by atoms with E-state index in [2.05, 4.69) is 176 Å². The normalized spacial score (nSPS) is 11.7. The Morgan fingerprint density at radius 1 is 0.286 bits per heavy atom. The highest BCUT2D eigenvalue weighted by Crippen LogP contribution is 2.48. The Kier molecular flexibility index (Phi) is 6.25. The summed E-state index contributed by atoms with van der Waals surface area (Å²) in [5.74, 6) is 0. The van der Waals surface area contributed by atoms with Gasteiger partial charge in [0, 0.05) is 16.3 Å². The van der Waals surface area contributed by atoms with Gasteiger partial charge >= 0.3 is 0 Å². The number of furan rings is 1. The molecule has 0 bridgehead atoms. The van der Waals surface area contributed by atoms with E-state index in [4.69, 9.17) is 4.42 Å². The van der Waals surface area contributed by atoms with E-state index in [0.29, 0.717) is 0 Å². The summed E-state index contributed by atoms with van der Waals surface area (Å²) in [5.41, 5.74) is 11.5. The SMILES string of the molecule is c1ccc(-c2cc(-c3c4ccccc4c(-c4ccccc4-c4cccc5ccccc45)c4ccccc34)cc3c2oc2ccccc23)cc1. The Balaban J connectivity index is 1.32. The van der Waals surface area contributed by atoms with E-state index in [1.165, 1.54) is 65.7 Å². The summed E-state index contributed by atoms with van der Waals surface area (Å²) in [6.45, 7) is 0.